The summed E-state index contributed by atoms with van der Waals surface area (Å²) in [6, 6.07) is 0.795. The van der Waals surface area contributed by atoms with Crippen LogP contribution in [0.3, 0.4) is 0 Å². The van der Waals surface area contributed by atoms with Crippen LogP contribution in [-0.2, 0) is 0 Å². The smallest absolute Gasteiger partial charge is 0.00695 e. The molecule has 1 unspecified atom stereocenters. The van der Waals surface area contributed by atoms with E-state index in [2.05, 4.69) is 30.9 Å². The zero-order valence-electron chi connectivity index (χ0n) is 14.0. The van der Waals surface area contributed by atoms with E-state index in [1.165, 1.54) is 82.1 Å². The number of unbranched alkanes of at least 4 members (excludes halogenated alkanes) is 6. The molecule has 0 aliphatic carbocycles. The van der Waals surface area contributed by atoms with Crippen LogP contribution in [-0.4, -0.2) is 24.1 Å². The van der Waals surface area contributed by atoms with E-state index in [1.807, 2.05) is 0 Å². The third kappa shape index (κ3) is 9.28. The van der Waals surface area contributed by atoms with Gasteiger partial charge in [0.1, 0.15) is 0 Å². The van der Waals surface area contributed by atoms with Gasteiger partial charge in [0.2, 0.25) is 0 Å². The minimum absolute atomic E-state index is 0.795. The first kappa shape index (κ1) is 18.4. The Kier molecular flexibility index (Phi) is 11.9. The molecule has 1 saturated heterocycles. The first-order chi connectivity index (χ1) is 9.86. The molecule has 0 amide bonds. The van der Waals surface area contributed by atoms with Gasteiger partial charge in [0.15, 0.2) is 0 Å². The Morgan fingerprint density at radius 2 is 1.60 bits per heavy atom. The van der Waals surface area contributed by atoms with Crippen LogP contribution in [0.4, 0.5) is 0 Å². The average molecular weight is 300 g/mol. The fourth-order valence-corrected chi connectivity index (χ4v) is 4.53. The van der Waals surface area contributed by atoms with Crippen LogP contribution in [0.15, 0.2) is 0 Å². The standard InChI is InChI=1S/C18H37NS/c1-3-5-6-7-8-9-10-11-18(19-4-2)16-17-12-14-20-15-13-17/h17-19H,3-16H2,1-2H3. The first-order valence-corrected chi connectivity index (χ1v) is 10.3. The second-order valence-corrected chi connectivity index (χ2v) is 7.68. The highest BCUT2D eigenvalue weighted by Crippen LogP contribution is 2.27. The van der Waals surface area contributed by atoms with Crippen molar-refractivity contribution in [3.8, 4) is 0 Å². The number of nitrogens with one attached hydrogen (secondary N) is 1. The van der Waals surface area contributed by atoms with Crippen molar-refractivity contribution in [2.75, 3.05) is 18.1 Å². The Morgan fingerprint density at radius 3 is 2.25 bits per heavy atom. The van der Waals surface area contributed by atoms with Gasteiger partial charge in [0.25, 0.3) is 0 Å². The minimum Gasteiger partial charge on any atom is -0.314 e. The molecule has 0 aromatic carbocycles. The third-order valence-electron chi connectivity index (χ3n) is 4.61. The van der Waals surface area contributed by atoms with E-state index in [4.69, 9.17) is 0 Å². The lowest BCUT2D eigenvalue weighted by Gasteiger charge is -2.27. The van der Waals surface area contributed by atoms with Crippen LogP contribution in [0, 0.1) is 5.92 Å². The topological polar surface area (TPSA) is 12.0 Å². The van der Waals surface area contributed by atoms with E-state index >= 15 is 0 Å². The van der Waals surface area contributed by atoms with Crippen molar-refractivity contribution in [2.24, 2.45) is 5.92 Å². The fraction of sp³-hybridized carbons (Fsp3) is 1.00. The Hall–Kier alpha value is 0.310. The molecule has 20 heavy (non-hydrogen) atoms. The summed E-state index contributed by atoms with van der Waals surface area (Å²) in [4.78, 5) is 0. The van der Waals surface area contributed by atoms with Crippen LogP contribution in [0.1, 0.15) is 84.5 Å². The predicted octanol–water partition coefficient (Wildman–Crippen LogP) is 5.64. The fourth-order valence-electron chi connectivity index (χ4n) is 3.32. The van der Waals surface area contributed by atoms with E-state index in [1.54, 1.807) is 0 Å². The zero-order valence-corrected chi connectivity index (χ0v) is 14.8. The Bertz CT molecular complexity index is 202. The van der Waals surface area contributed by atoms with Crippen LogP contribution < -0.4 is 5.32 Å². The van der Waals surface area contributed by atoms with Gasteiger partial charge in [-0.25, -0.2) is 0 Å². The molecule has 1 rings (SSSR count). The zero-order chi connectivity index (χ0) is 14.5. The number of hydrogen-bond donors (Lipinski definition) is 1. The molecule has 0 spiro atoms. The Morgan fingerprint density at radius 1 is 0.950 bits per heavy atom. The highest BCUT2D eigenvalue weighted by molar-refractivity contribution is 7.99. The highest BCUT2D eigenvalue weighted by atomic mass is 32.2. The maximum absolute atomic E-state index is 3.73. The molecule has 1 atom stereocenters. The summed E-state index contributed by atoms with van der Waals surface area (Å²) in [5, 5.41) is 3.73. The van der Waals surface area contributed by atoms with E-state index in [9.17, 15) is 0 Å². The second kappa shape index (κ2) is 13.0. The van der Waals surface area contributed by atoms with Gasteiger partial charge in [0, 0.05) is 6.04 Å². The maximum atomic E-state index is 3.73. The van der Waals surface area contributed by atoms with Gasteiger partial charge < -0.3 is 5.32 Å². The van der Waals surface area contributed by atoms with E-state index < -0.39 is 0 Å². The molecule has 1 heterocycles. The van der Waals surface area contributed by atoms with Crippen molar-refractivity contribution in [3.63, 3.8) is 0 Å². The lowest BCUT2D eigenvalue weighted by Crippen LogP contribution is -2.32. The van der Waals surface area contributed by atoms with E-state index in [0.717, 1.165) is 18.5 Å². The van der Waals surface area contributed by atoms with Gasteiger partial charge in [-0.15, -0.1) is 0 Å². The van der Waals surface area contributed by atoms with Gasteiger partial charge in [-0.2, -0.15) is 11.8 Å². The lowest BCUT2D eigenvalue weighted by molar-refractivity contribution is 0.346. The maximum Gasteiger partial charge on any atom is 0.00695 e. The number of hydrogen-bond acceptors (Lipinski definition) is 2. The summed E-state index contributed by atoms with van der Waals surface area (Å²) < 4.78 is 0. The van der Waals surface area contributed by atoms with Gasteiger partial charge in [-0.3, -0.25) is 0 Å². The molecule has 1 fully saturated rings. The molecule has 1 nitrogen and oxygen atoms in total. The predicted molar refractivity (Wildman–Crippen MR) is 94.7 cm³/mol. The second-order valence-electron chi connectivity index (χ2n) is 6.46. The van der Waals surface area contributed by atoms with Gasteiger partial charge in [-0.1, -0.05) is 58.8 Å². The summed E-state index contributed by atoms with van der Waals surface area (Å²) in [5.41, 5.74) is 0. The molecule has 2 heteroatoms. The summed E-state index contributed by atoms with van der Waals surface area (Å²) in [5.74, 6) is 3.81. The quantitative estimate of drug-likeness (QED) is 0.468. The van der Waals surface area contributed by atoms with Crippen molar-refractivity contribution >= 4 is 11.8 Å². The van der Waals surface area contributed by atoms with E-state index in [-0.39, 0.29) is 0 Å². The van der Waals surface area contributed by atoms with Crippen molar-refractivity contribution in [1.82, 2.24) is 5.32 Å². The minimum atomic E-state index is 0.795. The SMILES string of the molecule is CCCCCCCCCC(CC1CCSCC1)NCC. The number of rotatable bonds is 12. The molecule has 0 saturated carbocycles. The summed E-state index contributed by atoms with van der Waals surface area (Å²) >= 11 is 2.15. The van der Waals surface area contributed by atoms with Gasteiger partial charge >= 0.3 is 0 Å². The third-order valence-corrected chi connectivity index (χ3v) is 5.66. The Balaban J connectivity index is 2.05. The van der Waals surface area contributed by atoms with Crippen LogP contribution >= 0.6 is 11.8 Å². The molecule has 1 aliphatic rings. The molecule has 0 aromatic heterocycles. The monoisotopic (exact) mass is 299 g/mol. The van der Waals surface area contributed by atoms with Gasteiger partial charge in [-0.05, 0) is 49.7 Å². The first-order valence-electron chi connectivity index (χ1n) is 9.18. The summed E-state index contributed by atoms with van der Waals surface area (Å²) in [6.45, 7) is 5.70. The summed E-state index contributed by atoms with van der Waals surface area (Å²) in [6.07, 6.45) is 15.8. The molecule has 0 aromatic rings. The normalized spacial score (nSPS) is 18.3. The van der Waals surface area contributed by atoms with Gasteiger partial charge in [0.05, 0.1) is 0 Å². The molecular weight excluding hydrogens is 262 g/mol. The molecule has 0 bridgehead atoms. The molecular formula is C18H37NS. The molecule has 1 N–H and O–H groups in total. The molecule has 1 aliphatic heterocycles. The average Bonchev–Trinajstić information content (AvgIpc) is 2.47. The number of thioether (sulfide) groups is 1. The van der Waals surface area contributed by atoms with Crippen molar-refractivity contribution in [3.05, 3.63) is 0 Å². The van der Waals surface area contributed by atoms with Crippen LogP contribution in [0.2, 0.25) is 0 Å². The van der Waals surface area contributed by atoms with Crippen molar-refractivity contribution in [2.45, 2.75) is 90.5 Å². The molecule has 0 radical (unpaired) electrons. The molecule has 120 valence electrons. The van der Waals surface area contributed by atoms with E-state index in [0.29, 0.717) is 0 Å². The van der Waals surface area contributed by atoms with Crippen LogP contribution in [0.25, 0.3) is 0 Å². The summed E-state index contributed by atoms with van der Waals surface area (Å²) in [7, 11) is 0. The van der Waals surface area contributed by atoms with Crippen LogP contribution in [0.5, 0.6) is 0 Å². The Labute approximate surface area is 132 Å². The highest BCUT2D eigenvalue weighted by Gasteiger charge is 2.18. The van der Waals surface area contributed by atoms with Crippen molar-refractivity contribution in [1.29, 1.82) is 0 Å². The van der Waals surface area contributed by atoms with Crippen molar-refractivity contribution < 1.29 is 0 Å². The lowest BCUT2D eigenvalue weighted by atomic mass is 9.91. The largest absolute Gasteiger partial charge is 0.314 e.